The Kier molecular flexibility index (Phi) is 6.37. The van der Waals surface area contributed by atoms with E-state index in [0.29, 0.717) is 16.7 Å². The maximum Gasteiger partial charge on any atom is 0.331 e. The van der Waals surface area contributed by atoms with Crippen LogP contribution in [0.15, 0.2) is 54.6 Å². The zero-order valence-corrected chi connectivity index (χ0v) is 17.3. The second-order valence-electron chi connectivity index (χ2n) is 7.07. The van der Waals surface area contributed by atoms with E-state index in [4.69, 9.17) is 19.5 Å². The number of ether oxygens (including phenoxy) is 3. The molecule has 0 bridgehead atoms. The fourth-order valence-electron chi connectivity index (χ4n) is 4.23. The van der Waals surface area contributed by atoms with Gasteiger partial charge in [-0.3, -0.25) is 14.9 Å². The highest BCUT2D eigenvalue weighted by molar-refractivity contribution is 5.95. The lowest BCUT2D eigenvalue weighted by Crippen LogP contribution is -2.53. The minimum Gasteiger partial charge on any atom is -0.469 e. The summed E-state index contributed by atoms with van der Waals surface area (Å²) in [6.45, 7) is 0. The zero-order valence-electron chi connectivity index (χ0n) is 17.3. The van der Waals surface area contributed by atoms with Crippen LogP contribution < -0.4 is 5.32 Å². The Balaban J connectivity index is 2.28. The summed E-state index contributed by atoms with van der Waals surface area (Å²) in [5.74, 6) is -4.53. The number of esters is 3. The van der Waals surface area contributed by atoms with Crippen LogP contribution in [0.2, 0.25) is 0 Å². The fourth-order valence-corrected chi connectivity index (χ4v) is 4.23. The highest BCUT2D eigenvalue weighted by Crippen LogP contribution is 2.50. The first kappa shape index (κ1) is 22.0. The average Bonchev–Trinajstić information content (AvgIpc) is 3.20. The third-order valence-corrected chi connectivity index (χ3v) is 5.63. The highest BCUT2D eigenvalue weighted by atomic mass is 16.5. The summed E-state index contributed by atoms with van der Waals surface area (Å²) in [7, 11) is 3.62. The number of nitrogens with one attached hydrogen (secondary N) is 1. The van der Waals surface area contributed by atoms with Gasteiger partial charge in [-0.25, -0.2) is 4.79 Å². The van der Waals surface area contributed by atoms with E-state index >= 15 is 0 Å². The summed E-state index contributed by atoms with van der Waals surface area (Å²) in [4.78, 5) is 39.1. The monoisotopic (exact) mass is 422 g/mol. The van der Waals surface area contributed by atoms with Gasteiger partial charge in [-0.15, -0.1) is 0 Å². The van der Waals surface area contributed by atoms with Gasteiger partial charge in [0.2, 0.25) is 0 Å². The van der Waals surface area contributed by atoms with Gasteiger partial charge in [0, 0.05) is 6.04 Å². The normalized spacial score (nSPS) is 24.6. The van der Waals surface area contributed by atoms with Crippen molar-refractivity contribution in [1.29, 1.82) is 5.26 Å². The van der Waals surface area contributed by atoms with E-state index in [1.807, 2.05) is 6.07 Å². The van der Waals surface area contributed by atoms with E-state index in [1.54, 1.807) is 54.6 Å². The molecular weight excluding hydrogens is 400 g/mol. The summed E-state index contributed by atoms with van der Waals surface area (Å²) >= 11 is 0. The SMILES string of the molecule is COC(=O)[C@H]1[C@@H](c2ccc(C#N)cc2)N[C@](C(=O)OC)(c2ccccc2)[C@H]1C(=O)OC. The summed E-state index contributed by atoms with van der Waals surface area (Å²) in [6, 6.07) is 16.3. The molecule has 0 amide bonds. The van der Waals surface area contributed by atoms with E-state index in [1.165, 1.54) is 21.3 Å². The Bertz CT molecular complexity index is 1010. The van der Waals surface area contributed by atoms with Gasteiger partial charge in [-0.05, 0) is 23.3 Å². The fraction of sp³-hybridized carbons (Fsp3) is 0.304. The van der Waals surface area contributed by atoms with Gasteiger partial charge in [0.1, 0.15) is 5.92 Å². The Morgan fingerprint density at radius 2 is 1.52 bits per heavy atom. The van der Waals surface area contributed by atoms with Crippen LogP contribution in [0.3, 0.4) is 0 Å². The van der Waals surface area contributed by atoms with Crippen molar-refractivity contribution in [3.05, 3.63) is 71.3 Å². The number of hydrogen-bond acceptors (Lipinski definition) is 8. The molecule has 0 spiro atoms. The summed E-state index contributed by atoms with van der Waals surface area (Å²) in [5.41, 5.74) is -0.212. The molecule has 1 aliphatic heterocycles. The van der Waals surface area contributed by atoms with Crippen LogP contribution in [0.4, 0.5) is 0 Å². The quantitative estimate of drug-likeness (QED) is 0.574. The second-order valence-corrected chi connectivity index (χ2v) is 7.07. The second kappa shape index (κ2) is 8.98. The van der Waals surface area contributed by atoms with Crippen LogP contribution in [0.1, 0.15) is 22.7 Å². The molecule has 160 valence electrons. The molecule has 0 radical (unpaired) electrons. The maximum absolute atomic E-state index is 13.2. The van der Waals surface area contributed by atoms with Gasteiger partial charge in [0.15, 0.2) is 5.54 Å². The Morgan fingerprint density at radius 3 is 2.03 bits per heavy atom. The minimum atomic E-state index is -1.69. The van der Waals surface area contributed by atoms with Crippen molar-refractivity contribution >= 4 is 17.9 Å². The number of methoxy groups -OCH3 is 3. The van der Waals surface area contributed by atoms with Crippen LogP contribution in [0.25, 0.3) is 0 Å². The lowest BCUT2D eigenvalue weighted by Gasteiger charge is -2.32. The predicted molar refractivity (Wildman–Crippen MR) is 108 cm³/mol. The number of nitriles is 1. The van der Waals surface area contributed by atoms with Crippen molar-refractivity contribution in [2.24, 2.45) is 11.8 Å². The first-order valence-corrected chi connectivity index (χ1v) is 9.52. The summed E-state index contributed by atoms with van der Waals surface area (Å²) in [6.07, 6.45) is 0. The molecule has 1 fully saturated rings. The lowest BCUT2D eigenvalue weighted by molar-refractivity contribution is -0.164. The number of hydrogen-bond donors (Lipinski definition) is 1. The zero-order chi connectivity index (χ0) is 22.6. The Labute approximate surface area is 179 Å². The molecule has 31 heavy (non-hydrogen) atoms. The molecule has 0 aliphatic carbocycles. The van der Waals surface area contributed by atoms with Crippen LogP contribution in [0.5, 0.6) is 0 Å². The number of rotatable bonds is 5. The highest BCUT2D eigenvalue weighted by Gasteiger charge is 2.65. The molecule has 2 aromatic carbocycles. The number of nitrogens with zero attached hydrogens (tertiary/aromatic N) is 1. The Hall–Kier alpha value is -3.70. The Morgan fingerprint density at radius 1 is 0.903 bits per heavy atom. The molecule has 1 N–H and O–H groups in total. The van der Waals surface area contributed by atoms with E-state index in [0.717, 1.165) is 0 Å². The standard InChI is InChI=1S/C23H22N2O6/c1-29-20(26)17-18(21(27)30-2)23(22(28)31-3,16-7-5-4-6-8-16)25-19(17)15-11-9-14(13-24)10-12-15/h4-12,17-19,25H,1-3H3/t17-,18-,19-,23-/m1/s1. The van der Waals surface area contributed by atoms with E-state index in [-0.39, 0.29) is 0 Å². The molecule has 2 aromatic rings. The molecule has 8 heteroatoms. The van der Waals surface area contributed by atoms with Crippen LogP contribution >= 0.6 is 0 Å². The molecule has 0 unspecified atom stereocenters. The molecule has 8 nitrogen and oxygen atoms in total. The van der Waals surface area contributed by atoms with Crippen LogP contribution in [0, 0.1) is 23.2 Å². The number of carbonyl (C=O) groups excluding carboxylic acids is 3. The van der Waals surface area contributed by atoms with E-state index in [9.17, 15) is 14.4 Å². The van der Waals surface area contributed by atoms with Gasteiger partial charge >= 0.3 is 17.9 Å². The van der Waals surface area contributed by atoms with Crippen LogP contribution in [-0.4, -0.2) is 39.2 Å². The van der Waals surface area contributed by atoms with Gasteiger partial charge in [-0.1, -0.05) is 42.5 Å². The third kappa shape index (κ3) is 3.64. The molecule has 3 rings (SSSR count). The van der Waals surface area contributed by atoms with Gasteiger partial charge in [0.25, 0.3) is 0 Å². The lowest BCUT2D eigenvalue weighted by atomic mass is 9.74. The number of carbonyl (C=O) groups is 3. The van der Waals surface area contributed by atoms with E-state index in [2.05, 4.69) is 5.32 Å². The van der Waals surface area contributed by atoms with Gasteiger partial charge in [-0.2, -0.15) is 5.26 Å². The molecular formula is C23H22N2O6. The molecule has 0 saturated carbocycles. The van der Waals surface area contributed by atoms with Crippen LogP contribution in [-0.2, 0) is 34.1 Å². The van der Waals surface area contributed by atoms with Crippen molar-refractivity contribution in [1.82, 2.24) is 5.32 Å². The number of benzene rings is 2. The van der Waals surface area contributed by atoms with Crippen molar-refractivity contribution in [2.45, 2.75) is 11.6 Å². The first-order valence-electron chi connectivity index (χ1n) is 9.52. The average molecular weight is 422 g/mol. The largest absolute Gasteiger partial charge is 0.469 e. The molecule has 0 aromatic heterocycles. The van der Waals surface area contributed by atoms with Crippen molar-refractivity contribution < 1.29 is 28.6 Å². The van der Waals surface area contributed by atoms with Crippen molar-refractivity contribution in [2.75, 3.05) is 21.3 Å². The summed E-state index contributed by atoms with van der Waals surface area (Å²) < 4.78 is 15.1. The third-order valence-electron chi connectivity index (χ3n) is 5.63. The molecule has 4 atom stereocenters. The smallest absolute Gasteiger partial charge is 0.331 e. The molecule has 1 heterocycles. The summed E-state index contributed by atoms with van der Waals surface area (Å²) in [5, 5.41) is 12.3. The maximum atomic E-state index is 13.2. The topological polar surface area (TPSA) is 115 Å². The molecule has 1 aliphatic rings. The van der Waals surface area contributed by atoms with Gasteiger partial charge in [0.05, 0.1) is 38.9 Å². The van der Waals surface area contributed by atoms with Gasteiger partial charge < -0.3 is 14.2 Å². The van der Waals surface area contributed by atoms with E-state index < -0.39 is 41.3 Å². The van der Waals surface area contributed by atoms with Crippen molar-refractivity contribution in [3.63, 3.8) is 0 Å². The first-order chi connectivity index (χ1) is 14.9. The van der Waals surface area contributed by atoms with Crippen molar-refractivity contribution in [3.8, 4) is 6.07 Å². The predicted octanol–water partition coefficient (Wildman–Crippen LogP) is 1.85. The molecule has 1 saturated heterocycles. The minimum absolute atomic E-state index is 0.433.